The highest BCUT2D eigenvalue weighted by molar-refractivity contribution is 5.88. The molecule has 110 valence electrons. The van der Waals surface area contributed by atoms with Crippen molar-refractivity contribution >= 4 is 11.8 Å². The van der Waals surface area contributed by atoms with Crippen molar-refractivity contribution in [2.45, 2.75) is 40.2 Å². The van der Waals surface area contributed by atoms with Gasteiger partial charge in [0.05, 0.1) is 13.2 Å². The summed E-state index contributed by atoms with van der Waals surface area (Å²) in [4.78, 5) is 26.0. The first-order chi connectivity index (χ1) is 8.91. The lowest BCUT2D eigenvalue weighted by Gasteiger charge is -2.32. The predicted octanol–water partition coefficient (Wildman–Crippen LogP) is 1.03. The summed E-state index contributed by atoms with van der Waals surface area (Å²) in [5, 5.41) is 2.87. The van der Waals surface area contributed by atoms with E-state index in [2.05, 4.69) is 5.32 Å². The minimum Gasteiger partial charge on any atom is -0.378 e. The fourth-order valence-electron chi connectivity index (χ4n) is 2.10. The highest BCUT2D eigenvalue weighted by Gasteiger charge is 2.29. The number of morpholine rings is 1. The molecule has 0 radical (unpaired) electrons. The molecule has 0 unspecified atom stereocenters. The van der Waals surface area contributed by atoms with Crippen LogP contribution in [0.25, 0.3) is 0 Å². The van der Waals surface area contributed by atoms with Gasteiger partial charge in [-0.25, -0.2) is 0 Å². The van der Waals surface area contributed by atoms with Crippen LogP contribution in [0.3, 0.4) is 0 Å². The van der Waals surface area contributed by atoms with Crippen LogP contribution in [0.1, 0.15) is 34.1 Å². The number of carbonyl (C=O) groups is 2. The molecule has 0 aromatic carbocycles. The number of rotatable bonds is 5. The smallest absolute Gasteiger partial charge is 0.245 e. The summed E-state index contributed by atoms with van der Waals surface area (Å²) in [6.07, 6.45) is 0.458. The van der Waals surface area contributed by atoms with Crippen molar-refractivity contribution < 1.29 is 14.3 Å². The highest BCUT2D eigenvalue weighted by atomic mass is 16.5. The zero-order chi connectivity index (χ0) is 14.4. The minimum absolute atomic E-state index is 0.00964. The number of carbonyl (C=O) groups excluding carboxylic acids is 2. The Morgan fingerprint density at radius 1 is 1.16 bits per heavy atom. The molecule has 2 amide bonds. The molecule has 0 bridgehead atoms. The van der Waals surface area contributed by atoms with Gasteiger partial charge < -0.3 is 15.0 Å². The molecule has 1 rings (SSSR count). The molecule has 0 saturated carbocycles. The van der Waals surface area contributed by atoms with Crippen LogP contribution in [-0.4, -0.2) is 49.1 Å². The largest absolute Gasteiger partial charge is 0.378 e. The molecule has 19 heavy (non-hydrogen) atoms. The molecule has 1 fully saturated rings. The summed E-state index contributed by atoms with van der Waals surface area (Å²) in [5.41, 5.74) is 0. The van der Waals surface area contributed by atoms with Gasteiger partial charge >= 0.3 is 0 Å². The second-order valence-corrected chi connectivity index (χ2v) is 5.82. The molecule has 5 nitrogen and oxygen atoms in total. The molecular formula is C14H26N2O3. The van der Waals surface area contributed by atoms with E-state index in [0.29, 0.717) is 38.6 Å². The third-order valence-electron chi connectivity index (χ3n) is 3.17. The van der Waals surface area contributed by atoms with Gasteiger partial charge in [0.25, 0.3) is 0 Å². The zero-order valence-corrected chi connectivity index (χ0v) is 12.4. The SMILES string of the molecule is CC(C)CC(=O)N[C@H](C(=O)N1CCOCC1)C(C)C. The molecular weight excluding hydrogens is 244 g/mol. The molecule has 1 saturated heterocycles. The van der Waals surface area contributed by atoms with E-state index in [1.165, 1.54) is 0 Å². The summed E-state index contributed by atoms with van der Waals surface area (Å²) in [6, 6.07) is -0.427. The molecule has 1 N–H and O–H groups in total. The quantitative estimate of drug-likeness (QED) is 0.812. The third-order valence-corrected chi connectivity index (χ3v) is 3.17. The van der Waals surface area contributed by atoms with E-state index in [1.807, 2.05) is 27.7 Å². The first-order valence-electron chi connectivity index (χ1n) is 7.07. The molecule has 0 aromatic rings. The van der Waals surface area contributed by atoms with Gasteiger partial charge in [0.2, 0.25) is 11.8 Å². The van der Waals surface area contributed by atoms with Crippen molar-refractivity contribution in [1.82, 2.24) is 10.2 Å². The molecule has 1 aliphatic rings. The zero-order valence-electron chi connectivity index (χ0n) is 12.4. The second kappa shape index (κ2) is 7.48. The number of nitrogens with zero attached hydrogens (tertiary/aromatic N) is 1. The second-order valence-electron chi connectivity index (χ2n) is 5.82. The van der Waals surface area contributed by atoms with E-state index in [9.17, 15) is 9.59 Å². The number of amides is 2. The molecule has 1 atom stereocenters. The Labute approximate surface area is 115 Å². The van der Waals surface area contributed by atoms with Crippen LogP contribution in [0.4, 0.5) is 0 Å². The Balaban J connectivity index is 2.60. The number of nitrogens with one attached hydrogen (secondary N) is 1. The Kier molecular flexibility index (Phi) is 6.28. The Morgan fingerprint density at radius 2 is 1.74 bits per heavy atom. The average molecular weight is 270 g/mol. The molecule has 0 aliphatic carbocycles. The lowest BCUT2D eigenvalue weighted by molar-refractivity contribution is -0.141. The summed E-state index contributed by atoms with van der Waals surface area (Å²) in [6.45, 7) is 10.3. The fraction of sp³-hybridized carbons (Fsp3) is 0.857. The van der Waals surface area contributed by atoms with E-state index in [4.69, 9.17) is 4.74 Å². The van der Waals surface area contributed by atoms with Gasteiger partial charge in [0, 0.05) is 19.5 Å². The number of hydrogen-bond acceptors (Lipinski definition) is 3. The highest BCUT2D eigenvalue weighted by Crippen LogP contribution is 2.09. The van der Waals surface area contributed by atoms with E-state index < -0.39 is 6.04 Å². The first-order valence-corrected chi connectivity index (χ1v) is 7.07. The van der Waals surface area contributed by atoms with E-state index in [-0.39, 0.29) is 17.7 Å². The van der Waals surface area contributed by atoms with Gasteiger partial charge in [0.15, 0.2) is 0 Å². The minimum atomic E-state index is -0.427. The topological polar surface area (TPSA) is 58.6 Å². The van der Waals surface area contributed by atoms with E-state index >= 15 is 0 Å². The van der Waals surface area contributed by atoms with E-state index in [1.54, 1.807) is 4.90 Å². The molecule has 1 heterocycles. The van der Waals surface area contributed by atoms with Crippen LogP contribution >= 0.6 is 0 Å². The van der Waals surface area contributed by atoms with Crippen LogP contribution in [-0.2, 0) is 14.3 Å². The number of hydrogen-bond donors (Lipinski definition) is 1. The van der Waals surface area contributed by atoms with Gasteiger partial charge in [-0.1, -0.05) is 27.7 Å². The molecule has 1 aliphatic heterocycles. The summed E-state index contributed by atoms with van der Waals surface area (Å²) in [5.74, 6) is 0.350. The van der Waals surface area contributed by atoms with Gasteiger partial charge in [-0.2, -0.15) is 0 Å². The van der Waals surface area contributed by atoms with Crippen LogP contribution in [0.2, 0.25) is 0 Å². The van der Waals surface area contributed by atoms with Crippen LogP contribution in [0, 0.1) is 11.8 Å². The van der Waals surface area contributed by atoms with Crippen molar-refractivity contribution in [3.63, 3.8) is 0 Å². The van der Waals surface area contributed by atoms with Crippen LogP contribution in [0.5, 0.6) is 0 Å². The summed E-state index contributed by atoms with van der Waals surface area (Å²) in [7, 11) is 0. The molecule has 0 aromatic heterocycles. The monoisotopic (exact) mass is 270 g/mol. The lowest BCUT2D eigenvalue weighted by Crippen LogP contribution is -2.53. The lowest BCUT2D eigenvalue weighted by atomic mass is 10.0. The Hall–Kier alpha value is -1.10. The maximum absolute atomic E-state index is 12.4. The maximum Gasteiger partial charge on any atom is 0.245 e. The van der Waals surface area contributed by atoms with Crippen molar-refractivity contribution in [2.24, 2.45) is 11.8 Å². The van der Waals surface area contributed by atoms with Gasteiger partial charge in [0.1, 0.15) is 6.04 Å². The Bertz CT molecular complexity index is 310. The predicted molar refractivity (Wildman–Crippen MR) is 73.6 cm³/mol. The van der Waals surface area contributed by atoms with Crippen molar-refractivity contribution in [2.75, 3.05) is 26.3 Å². The van der Waals surface area contributed by atoms with Crippen LogP contribution in [0.15, 0.2) is 0 Å². The first kappa shape index (κ1) is 16.0. The van der Waals surface area contributed by atoms with E-state index in [0.717, 1.165) is 0 Å². The van der Waals surface area contributed by atoms with Crippen LogP contribution < -0.4 is 5.32 Å². The van der Waals surface area contributed by atoms with Gasteiger partial charge in [-0.05, 0) is 11.8 Å². The average Bonchev–Trinajstić information content (AvgIpc) is 2.35. The van der Waals surface area contributed by atoms with Crippen molar-refractivity contribution in [3.8, 4) is 0 Å². The van der Waals surface area contributed by atoms with Gasteiger partial charge in [-0.15, -0.1) is 0 Å². The standard InChI is InChI=1S/C14H26N2O3/c1-10(2)9-12(17)15-13(11(3)4)14(18)16-5-7-19-8-6-16/h10-11,13H,5-9H2,1-4H3,(H,15,17)/t13-/m0/s1. The van der Waals surface area contributed by atoms with Gasteiger partial charge in [-0.3, -0.25) is 9.59 Å². The normalized spacial score (nSPS) is 17.7. The number of ether oxygens (including phenoxy) is 1. The fourth-order valence-corrected chi connectivity index (χ4v) is 2.10. The molecule has 0 spiro atoms. The van der Waals surface area contributed by atoms with Crippen molar-refractivity contribution in [1.29, 1.82) is 0 Å². The van der Waals surface area contributed by atoms with Crippen molar-refractivity contribution in [3.05, 3.63) is 0 Å². The Morgan fingerprint density at radius 3 is 2.21 bits per heavy atom. The summed E-state index contributed by atoms with van der Waals surface area (Å²) >= 11 is 0. The maximum atomic E-state index is 12.4. The molecule has 5 heteroatoms. The summed E-state index contributed by atoms with van der Waals surface area (Å²) < 4.78 is 5.24. The third kappa shape index (κ3) is 5.19.